The van der Waals surface area contributed by atoms with Crippen LogP contribution in [0, 0.1) is 17.8 Å². The number of carbonyl (C=O) groups is 4. The highest BCUT2D eigenvalue weighted by Gasteiger charge is 2.63. The van der Waals surface area contributed by atoms with Crippen molar-refractivity contribution in [1.82, 2.24) is 35.2 Å². The number of nitrogens with one attached hydrogen (secondary N) is 3. The van der Waals surface area contributed by atoms with E-state index < -0.39 is 79.7 Å². The largest absolute Gasteiger partial charge is 0.489 e. The molecule has 2 aromatic heterocycles. The third kappa shape index (κ3) is 8.64. The molecular formula is C38H53N7O10S. The molecule has 18 heteroatoms. The molecule has 1 saturated heterocycles. The minimum absolute atomic E-state index is 0.0987. The number of alkyl carbamates (subject to hydrolysis) is 1. The number of amides is 4. The molecule has 0 radical (unpaired) electrons. The fourth-order valence-electron chi connectivity index (χ4n) is 7.51. The third-order valence-corrected chi connectivity index (χ3v) is 13.4. The number of aromatic nitrogens is 3. The van der Waals surface area contributed by atoms with E-state index in [1.165, 1.54) is 24.3 Å². The molecule has 7 atom stereocenters. The van der Waals surface area contributed by atoms with Crippen molar-refractivity contribution < 1.29 is 46.9 Å². The van der Waals surface area contributed by atoms with Gasteiger partial charge in [0.25, 0.3) is 17.7 Å². The average molecular weight is 800 g/mol. The Morgan fingerprint density at radius 1 is 1.14 bits per heavy atom. The Balaban J connectivity index is 1.36. The standard InChI is InChI=1S/C38H53N7O10S/c1-8-22-15-21(2)11-9-10-12-23-18-38(23,34(49)44-56(51,52)37(6)13-14-37)43-30(46)27-16-24(20-45(27)33(48)29(22)42-35(50)55-36(3,4)5)54-32-31(47)40-25-17-28(53-7)39-19-26(25)41-32/h10,12,17,19,21-24,27,29H,8-9,11,13-16,18,20H2,1-7H3,(H,40,47)(H,42,50)(H,43,46)(H,44,49)/b12-10-/t21-,22-,23-,24-,27+,29+,38-/m1/s1. The van der Waals surface area contributed by atoms with Crippen LogP contribution in [-0.4, -0.2) is 105 Å². The van der Waals surface area contributed by atoms with Gasteiger partial charge in [0.1, 0.15) is 34.8 Å². The molecule has 4 amide bonds. The average Bonchev–Trinajstić information content (AvgIpc) is 4.00. The fraction of sp³-hybridized carbons (Fsp3) is 0.658. The Hall–Kier alpha value is -4.74. The molecule has 306 valence electrons. The number of sulfonamides is 1. The van der Waals surface area contributed by atoms with E-state index in [1.807, 2.05) is 19.1 Å². The SMILES string of the molecule is CC[C@@H]1C[C@H](C)CC/C=C\[C@@H]2C[C@@]2(C(=O)NS(=O)(=O)C2(C)CC2)NC(=O)[C@@H]2C[C@@H](Oc3nc4cnc(OC)cc4nc3O)CN2C(=O)[C@H]1NC(=O)OC(C)(C)C. The molecule has 2 saturated carbocycles. The normalized spacial score (nSPS) is 29.7. The summed E-state index contributed by atoms with van der Waals surface area (Å²) in [4.78, 5) is 70.5. The zero-order chi connectivity index (χ0) is 40.8. The van der Waals surface area contributed by atoms with E-state index >= 15 is 0 Å². The summed E-state index contributed by atoms with van der Waals surface area (Å²) in [5.41, 5.74) is -1.85. The summed E-state index contributed by atoms with van der Waals surface area (Å²) in [5, 5.41) is 16.5. The van der Waals surface area contributed by atoms with Gasteiger partial charge in [-0.15, -0.1) is 0 Å². The number of methoxy groups -OCH3 is 1. The van der Waals surface area contributed by atoms with Crippen molar-refractivity contribution in [3.8, 4) is 17.6 Å². The number of nitrogens with zero attached hydrogens (tertiary/aromatic N) is 4. The number of hydrogen-bond donors (Lipinski definition) is 4. The Morgan fingerprint density at radius 2 is 1.88 bits per heavy atom. The molecule has 4 N–H and O–H groups in total. The maximum atomic E-state index is 14.8. The van der Waals surface area contributed by atoms with Gasteiger partial charge in [-0.05, 0) is 78.1 Å². The lowest BCUT2D eigenvalue weighted by Gasteiger charge is -2.34. The molecule has 6 rings (SSSR count). The highest BCUT2D eigenvalue weighted by Crippen LogP contribution is 2.47. The van der Waals surface area contributed by atoms with Crippen molar-refractivity contribution in [3.63, 3.8) is 0 Å². The van der Waals surface area contributed by atoms with E-state index in [4.69, 9.17) is 14.2 Å². The van der Waals surface area contributed by atoms with E-state index in [1.54, 1.807) is 27.7 Å². The van der Waals surface area contributed by atoms with Gasteiger partial charge in [0.05, 0.1) is 30.1 Å². The maximum absolute atomic E-state index is 14.8. The van der Waals surface area contributed by atoms with Crippen molar-refractivity contribution in [2.45, 2.75) is 127 Å². The summed E-state index contributed by atoms with van der Waals surface area (Å²) >= 11 is 0. The Labute approximate surface area is 326 Å². The number of aromatic hydroxyl groups is 1. The van der Waals surface area contributed by atoms with E-state index in [-0.39, 0.29) is 48.5 Å². The smallest absolute Gasteiger partial charge is 0.408 e. The summed E-state index contributed by atoms with van der Waals surface area (Å²) in [5.74, 6) is -3.35. The van der Waals surface area contributed by atoms with Gasteiger partial charge in [-0.2, -0.15) is 0 Å². The lowest BCUT2D eigenvalue weighted by atomic mass is 9.85. The first-order valence-corrected chi connectivity index (χ1v) is 20.7. The number of allylic oxidation sites excluding steroid dienone is 1. The van der Waals surface area contributed by atoms with Crippen molar-refractivity contribution in [3.05, 3.63) is 24.4 Å². The molecule has 0 spiro atoms. The first-order valence-electron chi connectivity index (χ1n) is 19.2. The number of pyridine rings is 1. The summed E-state index contributed by atoms with van der Waals surface area (Å²) in [6, 6.07) is -0.839. The van der Waals surface area contributed by atoms with Crippen LogP contribution < -0.4 is 24.8 Å². The van der Waals surface area contributed by atoms with Crippen LogP contribution in [0.3, 0.4) is 0 Å². The maximum Gasteiger partial charge on any atom is 0.408 e. The van der Waals surface area contributed by atoms with E-state index in [2.05, 4.69) is 37.2 Å². The molecule has 0 unspecified atom stereocenters. The number of hydrogen-bond acceptors (Lipinski definition) is 13. The number of carbonyl (C=O) groups excluding carboxylic acids is 4. The van der Waals surface area contributed by atoms with Gasteiger partial charge < -0.3 is 34.9 Å². The van der Waals surface area contributed by atoms with E-state index in [0.717, 1.165) is 6.42 Å². The van der Waals surface area contributed by atoms with Crippen LogP contribution in [0.4, 0.5) is 4.79 Å². The fourth-order valence-corrected chi connectivity index (χ4v) is 8.83. The van der Waals surface area contributed by atoms with Gasteiger partial charge in [-0.1, -0.05) is 32.4 Å². The first kappa shape index (κ1) is 40.9. The lowest BCUT2D eigenvalue weighted by molar-refractivity contribution is -0.142. The molecule has 3 fully saturated rings. The van der Waals surface area contributed by atoms with Crippen molar-refractivity contribution in [2.24, 2.45) is 17.8 Å². The monoisotopic (exact) mass is 799 g/mol. The van der Waals surface area contributed by atoms with Gasteiger partial charge in [0.15, 0.2) is 0 Å². The Kier molecular flexibility index (Phi) is 11.2. The Bertz CT molecular complexity index is 2020. The van der Waals surface area contributed by atoms with Crippen LogP contribution >= 0.6 is 0 Å². The summed E-state index contributed by atoms with van der Waals surface area (Å²) in [6.45, 7) is 10.5. The van der Waals surface area contributed by atoms with E-state index in [0.29, 0.717) is 37.6 Å². The van der Waals surface area contributed by atoms with Crippen molar-refractivity contribution in [2.75, 3.05) is 13.7 Å². The minimum Gasteiger partial charge on any atom is -0.489 e. The topological polar surface area (TPSA) is 228 Å². The molecule has 17 nitrogen and oxygen atoms in total. The molecule has 2 aliphatic carbocycles. The molecule has 4 aliphatic rings. The highest BCUT2D eigenvalue weighted by atomic mass is 32.2. The second-order valence-corrected chi connectivity index (χ2v) is 19.0. The van der Waals surface area contributed by atoms with Crippen LogP contribution in [0.1, 0.15) is 92.9 Å². The second-order valence-electron chi connectivity index (χ2n) is 16.8. The molecule has 0 bridgehead atoms. The lowest BCUT2D eigenvalue weighted by Crippen LogP contribution is -2.59. The molecule has 2 aromatic rings. The summed E-state index contributed by atoms with van der Waals surface area (Å²) in [6.07, 6.45) is 6.86. The quantitative estimate of drug-likeness (QED) is 0.282. The van der Waals surface area contributed by atoms with E-state index in [9.17, 15) is 32.7 Å². The van der Waals surface area contributed by atoms with Crippen LogP contribution in [0.15, 0.2) is 24.4 Å². The zero-order valence-electron chi connectivity index (χ0n) is 33.0. The van der Waals surface area contributed by atoms with Gasteiger partial charge in [0.2, 0.25) is 27.7 Å². The highest BCUT2D eigenvalue weighted by molar-refractivity contribution is 7.91. The van der Waals surface area contributed by atoms with Gasteiger partial charge in [-0.25, -0.2) is 28.2 Å². The van der Waals surface area contributed by atoms with Crippen LogP contribution in [0.25, 0.3) is 11.0 Å². The molecule has 4 heterocycles. The number of fused-ring (bicyclic) bond motifs is 3. The van der Waals surface area contributed by atoms with Crippen LogP contribution in [0.2, 0.25) is 0 Å². The third-order valence-electron chi connectivity index (χ3n) is 11.2. The molecule has 56 heavy (non-hydrogen) atoms. The van der Waals surface area contributed by atoms with Gasteiger partial charge in [-0.3, -0.25) is 19.1 Å². The predicted molar refractivity (Wildman–Crippen MR) is 203 cm³/mol. The zero-order valence-corrected chi connectivity index (χ0v) is 33.8. The Morgan fingerprint density at radius 3 is 2.54 bits per heavy atom. The number of ether oxygens (including phenoxy) is 3. The first-order chi connectivity index (χ1) is 26.3. The minimum atomic E-state index is -4.03. The van der Waals surface area contributed by atoms with Crippen LogP contribution in [0.5, 0.6) is 17.6 Å². The number of rotatable bonds is 8. The van der Waals surface area contributed by atoms with Crippen molar-refractivity contribution in [1.29, 1.82) is 0 Å². The molecule has 2 aliphatic heterocycles. The molecule has 0 aromatic carbocycles. The second kappa shape index (κ2) is 15.3. The van der Waals surface area contributed by atoms with Crippen molar-refractivity contribution >= 4 is 44.9 Å². The summed E-state index contributed by atoms with van der Waals surface area (Å²) < 4.78 is 44.4. The van der Waals surface area contributed by atoms with Crippen LogP contribution in [-0.2, 0) is 29.1 Å². The van der Waals surface area contributed by atoms with Gasteiger partial charge >= 0.3 is 6.09 Å². The molecular weight excluding hydrogens is 747 g/mol. The predicted octanol–water partition coefficient (Wildman–Crippen LogP) is 3.26. The van der Waals surface area contributed by atoms with Gasteiger partial charge in [0, 0.05) is 18.4 Å². The summed E-state index contributed by atoms with van der Waals surface area (Å²) in [7, 11) is -2.59.